The molecule has 0 aromatic carbocycles. The van der Waals surface area contributed by atoms with Crippen LogP contribution in [-0.4, -0.2) is 31.4 Å². The van der Waals surface area contributed by atoms with Gasteiger partial charge >= 0.3 is 0 Å². The summed E-state index contributed by atoms with van der Waals surface area (Å²) in [6.07, 6.45) is 9.80. The molecule has 0 radical (unpaired) electrons. The van der Waals surface area contributed by atoms with Crippen molar-refractivity contribution < 1.29 is 0 Å². The molecule has 1 saturated heterocycles. The molecule has 0 spiro atoms. The lowest BCUT2D eigenvalue weighted by Crippen LogP contribution is -2.23. The molecule has 24 heavy (non-hydrogen) atoms. The minimum absolute atomic E-state index is 0.390. The van der Waals surface area contributed by atoms with Gasteiger partial charge in [0.15, 0.2) is 5.82 Å². The third-order valence-electron chi connectivity index (χ3n) is 4.38. The lowest BCUT2D eigenvalue weighted by Gasteiger charge is -2.23. The van der Waals surface area contributed by atoms with Gasteiger partial charge in [-0.05, 0) is 43.7 Å². The molecule has 0 N–H and O–H groups in total. The maximum Gasteiger partial charge on any atom is 0.178 e. The van der Waals surface area contributed by atoms with Gasteiger partial charge in [-0.3, -0.25) is 14.9 Å². The minimum Gasteiger partial charge on any atom is -0.290 e. The van der Waals surface area contributed by atoms with Crippen LogP contribution in [0.3, 0.4) is 0 Å². The van der Waals surface area contributed by atoms with Gasteiger partial charge in [0.2, 0.25) is 0 Å². The van der Waals surface area contributed by atoms with Crippen LogP contribution < -0.4 is 0 Å². The third-order valence-corrected chi connectivity index (χ3v) is 4.38. The summed E-state index contributed by atoms with van der Waals surface area (Å²) in [6, 6.07) is 12.3. The molecule has 0 amide bonds. The van der Waals surface area contributed by atoms with Crippen LogP contribution in [0.5, 0.6) is 0 Å². The van der Waals surface area contributed by atoms with Gasteiger partial charge < -0.3 is 0 Å². The first-order valence-corrected chi connectivity index (χ1v) is 8.27. The quantitative estimate of drug-likeness (QED) is 0.739. The lowest BCUT2D eigenvalue weighted by molar-refractivity contribution is 0.244. The van der Waals surface area contributed by atoms with Crippen LogP contribution in [0.1, 0.15) is 30.1 Å². The first-order valence-electron chi connectivity index (χ1n) is 8.27. The van der Waals surface area contributed by atoms with Gasteiger partial charge in [0.1, 0.15) is 5.69 Å². The summed E-state index contributed by atoms with van der Waals surface area (Å²) in [7, 11) is 0. The molecule has 4 rings (SSSR count). The van der Waals surface area contributed by atoms with Crippen molar-refractivity contribution in [3.8, 4) is 11.5 Å². The van der Waals surface area contributed by atoms with E-state index in [1.54, 1.807) is 6.20 Å². The molecular formula is C19H19N5. The molecule has 3 aromatic rings. The monoisotopic (exact) mass is 317 g/mol. The first kappa shape index (κ1) is 14.9. The van der Waals surface area contributed by atoms with Gasteiger partial charge in [-0.15, -0.1) is 0 Å². The molecule has 1 unspecified atom stereocenters. The zero-order valence-corrected chi connectivity index (χ0v) is 13.4. The van der Waals surface area contributed by atoms with Crippen molar-refractivity contribution >= 4 is 0 Å². The molecule has 0 saturated carbocycles. The van der Waals surface area contributed by atoms with E-state index in [9.17, 15) is 0 Å². The summed E-state index contributed by atoms with van der Waals surface area (Å²) >= 11 is 0. The number of hydrogen-bond donors (Lipinski definition) is 0. The molecule has 1 aliphatic rings. The second-order valence-corrected chi connectivity index (χ2v) is 6.01. The van der Waals surface area contributed by atoms with E-state index in [4.69, 9.17) is 0 Å². The second kappa shape index (κ2) is 6.84. The Morgan fingerprint density at radius 3 is 2.42 bits per heavy atom. The maximum atomic E-state index is 4.53. The molecule has 120 valence electrons. The van der Waals surface area contributed by atoms with Crippen LogP contribution in [0.25, 0.3) is 11.5 Å². The molecule has 1 aliphatic heterocycles. The zero-order valence-electron chi connectivity index (χ0n) is 13.4. The summed E-state index contributed by atoms with van der Waals surface area (Å²) in [5.74, 6) is 0.669. The van der Waals surface area contributed by atoms with Crippen LogP contribution >= 0.6 is 0 Å². The standard InChI is InChI=1S/C19H19N5/c1-3-9-20-16(6-1)18-8-5-11-24(18)14-15-12-22-19(23-13-15)17-7-2-4-10-21-17/h1-4,6-7,9-10,12-13,18H,5,8,11,14H2. The molecule has 5 heteroatoms. The van der Waals surface area contributed by atoms with E-state index in [0.29, 0.717) is 11.9 Å². The molecule has 5 nitrogen and oxygen atoms in total. The predicted octanol–water partition coefficient (Wildman–Crippen LogP) is 3.27. The SMILES string of the molecule is c1ccc(-c2ncc(CN3CCCC3c3ccccn3)cn2)nc1. The van der Waals surface area contributed by atoms with E-state index in [1.165, 1.54) is 6.42 Å². The molecule has 3 aromatic heterocycles. The number of hydrogen-bond acceptors (Lipinski definition) is 5. The average molecular weight is 317 g/mol. The smallest absolute Gasteiger partial charge is 0.178 e. The Hall–Kier alpha value is -2.66. The highest BCUT2D eigenvalue weighted by Crippen LogP contribution is 2.31. The van der Waals surface area contributed by atoms with Crippen molar-refractivity contribution in [2.45, 2.75) is 25.4 Å². The van der Waals surface area contributed by atoms with Crippen molar-refractivity contribution in [3.05, 3.63) is 72.4 Å². The highest BCUT2D eigenvalue weighted by molar-refractivity contribution is 5.47. The summed E-state index contributed by atoms with van der Waals surface area (Å²) in [5, 5.41) is 0. The van der Waals surface area contributed by atoms with Gasteiger partial charge in [-0.25, -0.2) is 9.97 Å². The van der Waals surface area contributed by atoms with E-state index < -0.39 is 0 Å². The topological polar surface area (TPSA) is 54.8 Å². The Kier molecular flexibility index (Phi) is 4.25. The minimum atomic E-state index is 0.390. The van der Waals surface area contributed by atoms with Crippen LogP contribution in [0.15, 0.2) is 61.2 Å². The van der Waals surface area contributed by atoms with Gasteiger partial charge in [-0.1, -0.05) is 12.1 Å². The highest BCUT2D eigenvalue weighted by atomic mass is 15.2. The number of likely N-dealkylation sites (tertiary alicyclic amines) is 1. The van der Waals surface area contributed by atoms with E-state index in [2.05, 4.69) is 37.0 Å². The average Bonchev–Trinajstić information content (AvgIpc) is 3.12. The first-order chi connectivity index (χ1) is 11.9. The normalized spacial score (nSPS) is 17.9. The van der Waals surface area contributed by atoms with Crippen molar-refractivity contribution in [2.75, 3.05) is 6.54 Å². The summed E-state index contributed by atoms with van der Waals surface area (Å²) < 4.78 is 0. The third kappa shape index (κ3) is 3.16. The summed E-state index contributed by atoms with van der Waals surface area (Å²) in [5.41, 5.74) is 3.08. The van der Waals surface area contributed by atoms with Gasteiger partial charge in [0.25, 0.3) is 0 Å². The fourth-order valence-electron chi connectivity index (χ4n) is 3.22. The van der Waals surface area contributed by atoms with Crippen LogP contribution in [0, 0.1) is 0 Å². The Labute approximate surface area is 141 Å². The Bertz CT molecular complexity index is 774. The van der Waals surface area contributed by atoms with Crippen molar-refractivity contribution in [2.24, 2.45) is 0 Å². The number of aromatic nitrogens is 4. The molecule has 1 atom stereocenters. The second-order valence-electron chi connectivity index (χ2n) is 6.01. The zero-order chi connectivity index (χ0) is 16.2. The van der Waals surface area contributed by atoms with E-state index in [1.807, 2.05) is 42.9 Å². The summed E-state index contributed by atoms with van der Waals surface area (Å²) in [4.78, 5) is 20.2. The predicted molar refractivity (Wildman–Crippen MR) is 91.9 cm³/mol. The van der Waals surface area contributed by atoms with E-state index in [0.717, 1.165) is 36.5 Å². The fourth-order valence-corrected chi connectivity index (χ4v) is 3.22. The molecule has 0 bridgehead atoms. The maximum absolute atomic E-state index is 4.53. The molecular weight excluding hydrogens is 298 g/mol. The Balaban J connectivity index is 1.49. The number of pyridine rings is 2. The van der Waals surface area contributed by atoms with Crippen molar-refractivity contribution in [1.29, 1.82) is 0 Å². The van der Waals surface area contributed by atoms with E-state index in [-0.39, 0.29) is 0 Å². The Morgan fingerprint density at radius 2 is 1.71 bits per heavy atom. The lowest BCUT2D eigenvalue weighted by atomic mass is 10.1. The van der Waals surface area contributed by atoms with Gasteiger partial charge in [-0.2, -0.15) is 0 Å². The fraction of sp³-hybridized carbons (Fsp3) is 0.263. The summed E-state index contributed by atoms with van der Waals surface area (Å²) in [6.45, 7) is 1.94. The Morgan fingerprint density at radius 1 is 0.917 bits per heavy atom. The van der Waals surface area contributed by atoms with Crippen LogP contribution in [-0.2, 0) is 6.54 Å². The highest BCUT2D eigenvalue weighted by Gasteiger charge is 2.26. The van der Waals surface area contributed by atoms with E-state index >= 15 is 0 Å². The van der Waals surface area contributed by atoms with Crippen LogP contribution in [0.4, 0.5) is 0 Å². The van der Waals surface area contributed by atoms with Crippen molar-refractivity contribution in [3.63, 3.8) is 0 Å². The van der Waals surface area contributed by atoms with Gasteiger partial charge in [0, 0.05) is 36.9 Å². The molecule has 1 fully saturated rings. The van der Waals surface area contributed by atoms with Crippen LogP contribution in [0.2, 0.25) is 0 Å². The largest absolute Gasteiger partial charge is 0.290 e. The number of rotatable bonds is 4. The van der Waals surface area contributed by atoms with Gasteiger partial charge in [0.05, 0.1) is 11.7 Å². The van der Waals surface area contributed by atoms with Crippen molar-refractivity contribution in [1.82, 2.24) is 24.8 Å². The number of nitrogens with zero attached hydrogens (tertiary/aromatic N) is 5. The molecule has 0 aliphatic carbocycles. The molecule has 4 heterocycles.